The molecular formula is C62H52O12. The molecule has 0 saturated heterocycles. The van der Waals surface area contributed by atoms with Gasteiger partial charge in [0, 0.05) is 25.7 Å². The van der Waals surface area contributed by atoms with Crippen molar-refractivity contribution in [3.05, 3.63) is 262 Å². The van der Waals surface area contributed by atoms with E-state index in [1.807, 2.05) is 109 Å². The van der Waals surface area contributed by atoms with Crippen LogP contribution in [0.1, 0.15) is 74.8 Å². The van der Waals surface area contributed by atoms with Crippen LogP contribution in [-0.2, 0) is 57.8 Å². The van der Waals surface area contributed by atoms with Crippen LogP contribution < -0.4 is 9.47 Å². The van der Waals surface area contributed by atoms with Crippen molar-refractivity contribution in [3.8, 4) is 23.0 Å². The summed E-state index contributed by atoms with van der Waals surface area (Å²) in [6.45, 7) is 0.866. The molecule has 0 heterocycles. The molecule has 0 bridgehead atoms. The molecule has 0 saturated carbocycles. The van der Waals surface area contributed by atoms with Crippen LogP contribution in [0.25, 0.3) is 0 Å². The van der Waals surface area contributed by atoms with E-state index < -0.39 is 48.3 Å². The summed E-state index contributed by atoms with van der Waals surface area (Å²) < 4.78 is 35.0. The minimum absolute atomic E-state index is 0.0545. The molecule has 0 fully saturated rings. The molecule has 8 aromatic rings. The van der Waals surface area contributed by atoms with Crippen LogP contribution in [0.15, 0.2) is 206 Å². The minimum atomic E-state index is -0.651. The maximum Gasteiger partial charge on any atom is 0.338 e. The quantitative estimate of drug-likeness (QED) is 0.0784. The fourth-order valence-electron chi connectivity index (χ4n) is 8.65. The van der Waals surface area contributed by atoms with Crippen LogP contribution in [0.5, 0.6) is 23.0 Å². The first-order valence-corrected chi connectivity index (χ1v) is 24.2. The fraction of sp³-hybridized carbons (Fsp3) is 0.161. The Morgan fingerprint density at radius 2 is 0.568 bits per heavy atom. The summed E-state index contributed by atoms with van der Waals surface area (Å²) in [6.07, 6.45) is -0.826. The largest absolute Gasteiger partial charge is 0.508 e. The Balaban J connectivity index is 0.000000195. The van der Waals surface area contributed by atoms with E-state index in [9.17, 15) is 29.4 Å². The van der Waals surface area contributed by atoms with E-state index in [1.165, 1.54) is 48.5 Å². The summed E-state index contributed by atoms with van der Waals surface area (Å²) in [5.74, 6) is -0.650. The van der Waals surface area contributed by atoms with Crippen molar-refractivity contribution >= 4 is 23.9 Å². The van der Waals surface area contributed by atoms with E-state index in [1.54, 1.807) is 48.5 Å². The SMILES string of the molecule is O=C(O[C@H]1Cc2ccccc2C[C@H]1OC(=O)c1ccc(O)cc1)c1ccc(O)cc1.O=C(O[C@H]1Cc2ccccc2C[C@H]1OC(=O)c1ccc(OCc2ccccc2)cc1)c1ccc(OCc2ccccc2)cc1. The number of phenols is 2. The molecule has 0 radical (unpaired) electrons. The van der Waals surface area contributed by atoms with Gasteiger partial charge in [-0.2, -0.15) is 0 Å². The second-order valence-electron chi connectivity index (χ2n) is 17.8. The molecule has 10 rings (SSSR count). The summed E-state index contributed by atoms with van der Waals surface area (Å²) >= 11 is 0. The van der Waals surface area contributed by atoms with Crippen LogP contribution in [0.4, 0.5) is 0 Å². The second kappa shape index (κ2) is 23.8. The Hall–Kier alpha value is -9.16. The number of carbonyl (C=O) groups is 4. The van der Waals surface area contributed by atoms with E-state index in [2.05, 4.69) is 0 Å². The monoisotopic (exact) mass is 988 g/mol. The van der Waals surface area contributed by atoms with Gasteiger partial charge < -0.3 is 38.6 Å². The Labute approximate surface area is 428 Å². The van der Waals surface area contributed by atoms with E-state index in [-0.39, 0.29) is 11.5 Å². The first kappa shape index (κ1) is 49.8. The fourth-order valence-corrected chi connectivity index (χ4v) is 8.65. The third kappa shape index (κ3) is 13.2. The molecule has 4 atom stereocenters. The summed E-state index contributed by atoms with van der Waals surface area (Å²) in [5, 5.41) is 18.8. The topological polar surface area (TPSA) is 164 Å². The zero-order chi connectivity index (χ0) is 51.2. The number of carbonyl (C=O) groups excluding carboxylic acids is 4. The van der Waals surface area contributed by atoms with Crippen LogP contribution >= 0.6 is 0 Å². The number of rotatable bonds is 14. The zero-order valence-electron chi connectivity index (χ0n) is 40.2. The Kier molecular flexibility index (Phi) is 16.0. The molecule has 2 aliphatic carbocycles. The Morgan fingerprint density at radius 1 is 0.324 bits per heavy atom. The molecule has 12 nitrogen and oxygen atoms in total. The first-order valence-electron chi connectivity index (χ1n) is 24.2. The van der Waals surface area contributed by atoms with Crippen molar-refractivity contribution in [1.82, 2.24) is 0 Å². The molecule has 0 unspecified atom stereocenters. The summed E-state index contributed by atoms with van der Waals surface area (Å²) in [5.41, 5.74) is 7.73. The van der Waals surface area contributed by atoms with E-state index in [0.717, 1.165) is 33.4 Å². The van der Waals surface area contributed by atoms with E-state index in [4.69, 9.17) is 28.4 Å². The molecule has 2 N–H and O–H groups in total. The van der Waals surface area contributed by atoms with E-state index in [0.29, 0.717) is 72.6 Å². The van der Waals surface area contributed by atoms with Gasteiger partial charge in [0.2, 0.25) is 0 Å². The molecule has 12 heteroatoms. The zero-order valence-corrected chi connectivity index (χ0v) is 40.2. The van der Waals surface area contributed by atoms with Gasteiger partial charge in [0.15, 0.2) is 0 Å². The lowest BCUT2D eigenvalue weighted by atomic mass is 9.87. The minimum Gasteiger partial charge on any atom is -0.508 e. The van der Waals surface area contributed by atoms with Crippen molar-refractivity contribution in [3.63, 3.8) is 0 Å². The van der Waals surface area contributed by atoms with Crippen molar-refractivity contribution in [2.75, 3.05) is 0 Å². The average molecular weight is 989 g/mol. The van der Waals surface area contributed by atoms with Gasteiger partial charge in [-0.1, -0.05) is 109 Å². The number of aromatic hydroxyl groups is 2. The highest BCUT2D eigenvalue weighted by Crippen LogP contribution is 2.30. The third-order valence-electron chi connectivity index (χ3n) is 12.7. The average Bonchev–Trinajstić information content (AvgIpc) is 3.43. The lowest BCUT2D eigenvalue weighted by molar-refractivity contribution is -0.0389. The van der Waals surface area contributed by atoms with Gasteiger partial charge in [-0.25, -0.2) is 19.2 Å². The van der Waals surface area contributed by atoms with Crippen LogP contribution in [0.3, 0.4) is 0 Å². The standard InChI is InChI=1S/C38H32O6.C24H20O6/c39-37(29-15-19-33(20-16-29)41-25-27-9-3-1-4-10-27)43-35-23-31-13-7-8-14-32(31)24-36(35)44-38(40)30-17-21-34(22-18-30)42-26-28-11-5-2-6-12-28;25-19-9-5-15(6-10-19)23(27)29-21-13-17-3-1-2-4-18(17)14-22(21)30-24(28)16-7-11-20(26)12-8-16/h1-22,35-36H,23-26H2;1-12,21-22,25-26H,13-14H2/t35-,36+;21-,22+. The van der Waals surface area contributed by atoms with E-state index >= 15 is 0 Å². The first-order chi connectivity index (χ1) is 36.1. The molecule has 0 aromatic heterocycles. The molecule has 0 aliphatic heterocycles. The van der Waals surface area contributed by atoms with Crippen LogP contribution in [0.2, 0.25) is 0 Å². The maximum atomic E-state index is 13.2. The number of ether oxygens (including phenoxy) is 6. The van der Waals surface area contributed by atoms with Gasteiger partial charge in [-0.15, -0.1) is 0 Å². The number of phenolic OH excluding ortho intramolecular Hbond substituents is 2. The number of hydrogen-bond acceptors (Lipinski definition) is 12. The van der Waals surface area contributed by atoms with Gasteiger partial charge in [0.05, 0.1) is 22.3 Å². The summed E-state index contributed by atoms with van der Waals surface area (Å²) in [4.78, 5) is 51.6. The predicted molar refractivity (Wildman–Crippen MR) is 275 cm³/mol. The summed E-state index contributed by atoms with van der Waals surface area (Å²) in [7, 11) is 0. The molecule has 0 spiro atoms. The third-order valence-corrected chi connectivity index (χ3v) is 12.7. The molecular weight excluding hydrogens is 937 g/mol. The predicted octanol–water partition coefficient (Wildman–Crippen LogP) is 11.0. The number of esters is 4. The highest BCUT2D eigenvalue weighted by molar-refractivity contribution is 5.92. The molecule has 372 valence electrons. The van der Waals surface area contributed by atoms with Crippen molar-refractivity contribution in [2.24, 2.45) is 0 Å². The van der Waals surface area contributed by atoms with Crippen LogP contribution in [0, 0.1) is 0 Å². The molecule has 0 amide bonds. The number of fused-ring (bicyclic) bond motifs is 2. The van der Waals surface area contributed by atoms with Gasteiger partial charge in [-0.3, -0.25) is 0 Å². The van der Waals surface area contributed by atoms with Crippen LogP contribution in [-0.4, -0.2) is 58.5 Å². The lowest BCUT2D eigenvalue weighted by Gasteiger charge is -2.32. The number of benzene rings is 8. The normalized spacial score (nSPS) is 16.3. The number of hydrogen-bond donors (Lipinski definition) is 2. The Morgan fingerprint density at radius 3 is 0.838 bits per heavy atom. The molecule has 8 aromatic carbocycles. The smallest absolute Gasteiger partial charge is 0.338 e. The molecule has 2 aliphatic rings. The highest BCUT2D eigenvalue weighted by Gasteiger charge is 2.36. The second-order valence-corrected chi connectivity index (χ2v) is 17.8. The van der Waals surface area contributed by atoms with Gasteiger partial charge >= 0.3 is 23.9 Å². The summed E-state index contributed by atoms with van der Waals surface area (Å²) in [6, 6.07) is 60.8. The van der Waals surface area contributed by atoms with Gasteiger partial charge in [0.1, 0.15) is 60.6 Å². The van der Waals surface area contributed by atoms with Gasteiger partial charge in [-0.05, 0) is 130 Å². The Bertz CT molecular complexity index is 2940. The van der Waals surface area contributed by atoms with Crippen molar-refractivity contribution in [1.29, 1.82) is 0 Å². The lowest BCUT2D eigenvalue weighted by Crippen LogP contribution is -2.41. The van der Waals surface area contributed by atoms with Crippen molar-refractivity contribution in [2.45, 2.75) is 63.3 Å². The highest BCUT2D eigenvalue weighted by atomic mass is 16.6. The van der Waals surface area contributed by atoms with Crippen molar-refractivity contribution < 1.29 is 57.8 Å². The maximum absolute atomic E-state index is 13.2. The van der Waals surface area contributed by atoms with Gasteiger partial charge in [0.25, 0.3) is 0 Å². The molecule has 74 heavy (non-hydrogen) atoms.